The Morgan fingerprint density at radius 2 is 1.85 bits per heavy atom. The molecule has 0 fully saturated rings. The summed E-state index contributed by atoms with van der Waals surface area (Å²) in [5, 5.41) is 11.2. The van der Waals surface area contributed by atoms with Crippen LogP contribution in [0.2, 0.25) is 0 Å². The van der Waals surface area contributed by atoms with Gasteiger partial charge in [-0.1, -0.05) is 46.6 Å². The maximum Gasteiger partial charge on any atom is 0.350 e. The fourth-order valence-electron chi connectivity index (χ4n) is 3.52. The first-order chi connectivity index (χ1) is 16.0. The maximum absolute atomic E-state index is 12.8. The number of carbonyl (C=O) groups excluding carboxylic acids is 1. The third-order valence-electron chi connectivity index (χ3n) is 5.17. The van der Waals surface area contributed by atoms with E-state index in [1.165, 1.54) is 4.40 Å². The van der Waals surface area contributed by atoms with Gasteiger partial charge in [-0.3, -0.25) is 4.79 Å². The van der Waals surface area contributed by atoms with Crippen LogP contribution in [0.4, 0.5) is 5.69 Å². The highest BCUT2D eigenvalue weighted by molar-refractivity contribution is 5.90. The summed E-state index contributed by atoms with van der Waals surface area (Å²) in [5.41, 5.74) is 4.03. The minimum absolute atomic E-state index is 0.230. The van der Waals surface area contributed by atoms with Crippen molar-refractivity contribution in [3.63, 3.8) is 0 Å². The normalized spacial score (nSPS) is 11.1. The number of benzene rings is 2. The molecular weight excluding hydrogens is 420 g/mol. The molecule has 9 heteroatoms. The first-order valence-corrected chi connectivity index (χ1v) is 10.3. The Morgan fingerprint density at radius 3 is 2.64 bits per heavy atom. The Kier molecular flexibility index (Phi) is 5.06. The highest BCUT2D eigenvalue weighted by atomic mass is 16.5. The van der Waals surface area contributed by atoms with E-state index in [1.807, 2.05) is 50.2 Å². The number of aromatic nitrogens is 5. The lowest BCUT2D eigenvalue weighted by Crippen LogP contribution is -2.28. The van der Waals surface area contributed by atoms with E-state index in [-0.39, 0.29) is 18.3 Å². The quantitative estimate of drug-likeness (QED) is 0.448. The molecule has 3 aromatic heterocycles. The Labute approximate surface area is 188 Å². The zero-order valence-corrected chi connectivity index (χ0v) is 18.0. The van der Waals surface area contributed by atoms with Gasteiger partial charge in [0.05, 0.1) is 5.56 Å². The van der Waals surface area contributed by atoms with Crippen LogP contribution in [0, 0.1) is 13.8 Å². The number of hydrogen-bond acceptors (Lipinski definition) is 6. The van der Waals surface area contributed by atoms with Crippen LogP contribution in [0.1, 0.15) is 11.1 Å². The Bertz CT molecular complexity index is 1530. The number of rotatable bonds is 5. The zero-order valence-electron chi connectivity index (χ0n) is 18.0. The lowest BCUT2D eigenvalue weighted by Gasteiger charge is -2.04. The number of aryl methyl sites for hydroxylation is 2. The van der Waals surface area contributed by atoms with Gasteiger partial charge in [0.1, 0.15) is 6.54 Å². The molecule has 3 heterocycles. The van der Waals surface area contributed by atoms with Crippen molar-refractivity contribution in [3.05, 3.63) is 88.5 Å². The third-order valence-corrected chi connectivity index (χ3v) is 5.17. The summed E-state index contributed by atoms with van der Waals surface area (Å²) in [7, 11) is 0. The highest BCUT2D eigenvalue weighted by Gasteiger charge is 2.18. The highest BCUT2D eigenvalue weighted by Crippen LogP contribution is 2.25. The van der Waals surface area contributed by atoms with Gasteiger partial charge >= 0.3 is 5.69 Å². The van der Waals surface area contributed by atoms with Gasteiger partial charge < -0.3 is 9.84 Å². The summed E-state index contributed by atoms with van der Waals surface area (Å²) in [6, 6.07) is 18.6. The van der Waals surface area contributed by atoms with Crippen molar-refractivity contribution in [2.24, 2.45) is 0 Å². The molecule has 2 aromatic carbocycles. The van der Waals surface area contributed by atoms with E-state index in [4.69, 9.17) is 4.52 Å². The number of carbonyl (C=O) groups is 1. The Balaban J connectivity index is 1.45. The average Bonchev–Trinajstić information content (AvgIpc) is 3.41. The standard InChI is InChI=1S/C24H20N6O3/c1-15-8-10-18(11-9-15)25-20(31)14-30-24(32)29-12-4-7-19(22(29)27-30)23-26-21(28-33-23)17-6-3-5-16(2)13-17/h3-13H,14H2,1-2H3,(H,25,31). The summed E-state index contributed by atoms with van der Waals surface area (Å²) in [4.78, 5) is 29.8. The molecule has 0 saturated carbocycles. The van der Waals surface area contributed by atoms with Crippen molar-refractivity contribution in [2.75, 3.05) is 5.32 Å². The molecule has 0 bridgehead atoms. The van der Waals surface area contributed by atoms with Gasteiger partial charge in [0, 0.05) is 17.4 Å². The van der Waals surface area contributed by atoms with E-state index in [9.17, 15) is 9.59 Å². The first-order valence-electron chi connectivity index (χ1n) is 10.3. The summed E-state index contributed by atoms with van der Waals surface area (Å²) in [6.45, 7) is 3.72. The van der Waals surface area contributed by atoms with Gasteiger partial charge in [0.25, 0.3) is 5.89 Å². The molecule has 9 nitrogen and oxygen atoms in total. The second-order valence-electron chi connectivity index (χ2n) is 7.76. The van der Waals surface area contributed by atoms with Crippen molar-refractivity contribution in [2.45, 2.75) is 20.4 Å². The molecule has 0 unspecified atom stereocenters. The van der Waals surface area contributed by atoms with Gasteiger partial charge in [-0.2, -0.15) is 4.98 Å². The fourth-order valence-corrected chi connectivity index (χ4v) is 3.52. The van der Waals surface area contributed by atoms with Crippen LogP contribution in [-0.2, 0) is 11.3 Å². The minimum atomic E-state index is -0.440. The number of amides is 1. The number of nitrogens with one attached hydrogen (secondary N) is 1. The van der Waals surface area contributed by atoms with E-state index in [1.54, 1.807) is 30.5 Å². The molecule has 5 aromatic rings. The van der Waals surface area contributed by atoms with E-state index >= 15 is 0 Å². The molecular formula is C24H20N6O3. The Hall–Kier alpha value is -4.53. The summed E-state index contributed by atoms with van der Waals surface area (Å²) in [6.07, 6.45) is 1.58. The molecule has 33 heavy (non-hydrogen) atoms. The molecule has 0 aliphatic heterocycles. The monoisotopic (exact) mass is 440 g/mol. The number of fused-ring (bicyclic) bond motifs is 1. The van der Waals surface area contributed by atoms with Crippen molar-refractivity contribution < 1.29 is 9.32 Å². The summed E-state index contributed by atoms with van der Waals surface area (Å²) in [5.74, 6) is 0.318. The van der Waals surface area contributed by atoms with Gasteiger partial charge in [0.15, 0.2) is 5.65 Å². The number of anilines is 1. The number of pyridine rings is 1. The van der Waals surface area contributed by atoms with Crippen LogP contribution in [-0.4, -0.2) is 30.2 Å². The van der Waals surface area contributed by atoms with E-state index in [0.717, 1.165) is 21.4 Å². The summed E-state index contributed by atoms with van der Waals surface area (Å²) < 4.78 is 7.93. The van der Waals surface area contributed by atoms with Crippen LogP contribution in [0.15, 0.2) is 76.2 Å². The zero-order chi connectivity index (χ0) is 22.9. The SMILES string of the molecule is Cc1ccc(NC(=O)Cn2nc3c(-c4nc(-c5cccc(C)c5)no4)cccn3c2=O)cc1. The summed E-state index contributed by atoms with van der Waals surface area (Å²) >= 11 is 0. The predicted octanol–water partition coefficient (Wildman–Crippen LogP) is 3.47. The topological polar surface area (TPSA) is 107 Å². The van der Waals surface area contributed by atoms with E-state index in [2.05, 4.69) is 20.6 Å². The molecule has 1 N–H and O–H groups in total. The lowest BCUT2D eigenvalue weighted by molar-refractivity contribution is -0.117. The van der Waals surface area contributed by atoms with Crippen LogP contribution < -0.4 is 11.0 Å². The third kappa shape index (κ3) is 4.03. The van der Waals surface area contributed by atoms with Crippen molar-refractivity contribution in [1.82, 2.24) is 24.3 Å². The number of nitrogens with zero attached hydrogens (tertiary/aromatic N) is 5. The first kappa shape index (κ1) is 20.4. The molecule has 0 aliphatic carbocycles. The molecule has 1 amide bonds. The molecule has 0 radical (unpaired) electrons. The minimum Gasteiger partial charge on any atom is -0.333 e. The van der Waals surface area contributed by atoms with Crippen LogP contribution in [0.5, 0.6) is 0 Å². The van der Waals surface area contributed by atoms with Crippen molar-refractivity contribution in [3.8, 4) is 22.8 Å². The fraction of sp³-hybridized carbons (Fsp3) is 0.125. The van der Waals surface area contributed by atoms with Gasteiger partial charge in [-0.15, -0.1) is 5.10 Å². The molecule has 5 rings (SSSR count). The van der Waals surface area contributed by atoms with Crippen molar-refractivity contribution >= 4 is 17.2 Å². The largest absolute Gasteiger partial charge is 0.350 e. The Morgan fingerprint density at radius 1 is 1.03 bits per heavy atom. The van der Waals surface area contributed by atoms with Crippen LogP contribution in [0.25, 0.3) is 28.5 Å². The lowest BCUT2D eigenvalue weighted by atomic mass is 10.1. The second-order valence-corrected chi connectivity index (χ2v) is 7.76. The predicted molar refractivity (Wildman–Crippen MR) is 123 cm³/mol. The van der Waals surface area contributed by atoms with Crippen LogP contribution in [0.3, 0.4) is 0 Å². The number of hydrogen-bond donors (Lipinski definition) is 1. The smallest absolute Gasteiger partial charge is 0.333 e. The average molecular weight is 440 g/mol. The molecule has 164 valence electrons. The van der Waals surface area contributed by atoms with Gasteiger partial charge in [-0.25, -0.2) is 13.9 Å². The van der Waals surface area contributed by atoms with Gasteiger partial charge in [-0.05, 0) is 44.2 Å². The van der Waals surface area contributed by atoms with Gasteiger partial charge in [0.2, 0.25) is 11.7 Å². The molecule has 0 atom stereocenters. The molecule has 0 saturated heterocycles. The van der Waals surface area contributed by atoms with E-state index in [0.29, 0.717) is 22.7 Å². The van der Waals surface area contributed by atoms with Crippen LogP contribution >= 0.6 is 0 Å². The maximum atomic E-state index is 12.8. The van der Waals surface area contributed by atoms with Crippen molar-refractivity contribution in [1.29, 1.82) is 0 Å². The van der Waals surface area contributed by atoms with E-state index < -0.39 is 5.69 Å². The molecule has 0 aliphatic rings. The molecule has 0 spiro atoms. The second kappa shape index (κ2) is 8.19.